The number of halogens is 1. The molecule has 1 N–H and O–H groups in total. The van der Waals surface area contributed by atoms with Crippen molar-refractivity contribution in [2.75, 3.05) is 37.7 Å². The third-order valence-electron chi connectivity index (χ3n) is 7.41. The number of rotatable bonds is 7. The smallest absolute Gasteiger partial charge is 0.174 e. The molecule has 3 aromatic rings. The van der Waals surface area contributed by atoms with E-state index in [9.17, 15) is 0 Å². The highest BCUT2D eigenvalue weighted by molar-refractivity contribution is 9.10. The molecule has 2 fully saturated rings. The van der Waals surface area contributed by atoms with Gasteiger partial charge in [0.05, 0.1) is 31.0 Å². The summed E-state index contributed by atoms with van der Waals surface area (Å²) in [5, 5.41) is 4.33. The Morgan fingerprint density at radius 2 is 1.89 bits per heavy atom. The van der Waals surface area contributed by atoms with Crippen LogP contribution in [0.15, 0.2) is 53.1 Å². The second-order valence-corrected chi connectivity index (χ2v) is 11.0. The van der Waals surface area contributed by atoms with Gasteiger partial charge in [0.15, 0.2) is 5.11 Å². The second kappa shape index (κ2) is 11.0. The number of pyridine rings is 1. The molecule has 0 bridgehead atoms. The van der Waals surface area contributed by atoms with Gasteiger partial charge in [0.1, 0.15) is 0 Å². The van der Waals surface area contributed by atoms with Gasteiger partial charge in [-0.3, -0.25) is 9.88 Å². The van der Waals surface area contributed by atoms with E-state index in [1.165, 1.54) is 22.5 Å². The molecule has 2 aliphatic heterocycles. The van der Waals surface area contributed by atoms with Crippen molar-refractivity contribution in [3.05, 3.63) is 81.3 Å². The van der Waals surface area contributed by atoms with E-state index >= 15 is 0 Å². The quantitative estimate of drug-likeness (QED) is 0.382. The first-order valence-corrected chi connectivity index (χ1v) is 13.9. The Bertz CT molecular complexity index is 1220. The molecular formula is C28H34BrN5OS. The lowest BCUT2D eigenvalue weighted by Crippen LogP contribution is -2.37. The molecule has 1 aromatic carbocycles. The summed E-state index contributed by atoms with van der Waals surface area (Å²) >= 11 is 9.58. The lowest BCUT2D eigenvalue weighted by atomic mass is 9.96. The number of aromatic nitrogens is 2. The number of anilines is 1. The van der Waals surface area contributed by atoms with Crippen LogP contribution in [-0.4, -0.2) is 52.4 Å². The molecule has 0 spiro atoms. The summed E-state index contributed by atoms with van der Waals surface area (Å²) < 4.78 is 9.07. The summed E-state index contributed by atoms with van der Waals surface area (Å²) in [6.45, 7) is 12.5. The Morgan fingerprint density at radius 1 is 1.08 bits per heavy atom. The van der Waals surface area contributed by atoms with E-state index in [0.717, 1.165) is 66.8 Å². The number of ether oxygens (including phenoxy) is 1. The average Bonchev–Trinajstić information content (AvgIpc) is 3.37. The number of aryl methyl sites for hydroxylation is 2. The van der Waals surface area contributed by atoms with E-state index in [1.54, 1.807) is 0 Å². The third kappa shape index (κ3) is 5.09. The highest BCUT2D eigenvalue weighted by Crippen LogP contribution is 2.43. The van der Waals surface area contributed by atoms with E-state index in [2.05, 4.69) is 86.7 Å². The van der Waals surface area contributed by atoms with Gasteiger partial charge in [-0.25, -0.2) is 0 Å². The summed E-state index contributed by atoms with van der Waals surface area (Å²) in [5.41, 5.74) is 7.15. The number of nitrogens with zero attached hydrogens (tertiary/aromatic N) is 4. The number of hydrogen-bond acceptors (Lipinski definition) is 4. The largest absolute Gasteiger partial charge is 0.379 e. The highest BCUT2D eigenvalue weighted by Gasteiger charge is 2.42. The van der Waals surface area contributed by atoms with Crippen LogP contribution in [0.4, 0.5) is 5.69 Å². The van der Waals surface area contributed by atoms with Crippen LogP contribution in [0.25, 0.3) is 0 Å². The minimum Gasteiger partial charge on any atom is -0.379 e. The molecule has 0 amide bonds. The van der Waals surface area contributed by atoms with Gasteiger partial charge >= 0.3 is 0 Å². The van der Waals surface area contributed by atoms with Crippen LogP contribution in [-0.2, 0) is 11.3 Å². The van der Waals surface area contributed by atoms with Crippen molar-refractivity contribution in [2.45, 2.75) is 45.8 Å². The molecular weight excluding hydrogens is 534 g/mol. The summed E-state index contributed by atoms with van der Waals surface area (Å²) in [5.74, 6) is 0. The van der Waals surface area contributed by atoms with Crippen LogP contribution in [0.5, 0.6) is 0 Å². The molecule has 0 unspecified atom stereocenters. The Kier molecular flexibility index (Phi) is 7.76. The van der Waals surface area contributed by atoms with Crippen molar-refractivity contribution in [2.24, 2.45) is 0 Å². The van der Waals surface area contributed by atoms with Gasteiger partial charge in [-0.1, -0.05) is 22.0 Å². The number of morpholine rings is 1. The van der Waals surface area contributed by atoms with Crippen LogP contribution in [0.2, 0.25) is 0 Å². The molecule has 190 valence electrons. The first kappa shape index (κ1) is 25.4. The second-order valence-electron chi connectivity index (χ2n) is 9.72. The number of benzene rings is 1. The number of nitrogens with one attached hydrogen (secondary N) is 1. The van der Waals surface area contributed by atoms with Crippen molar-refractivity contribution in [1.29, 1.82) is 0 Å². The molecule has 2 aromatic heterocycles. The average molecular weight is 569 g/mol. The van der Waals surface area contributed by atoms with Crippen LogP contribution in [0.3, 0.4) is 0 Å². The van der Waals surface area contributed by atoms with E-state index in [4.69, 9.17) is 21.9 Å². The molecule has 8 heteroatoms. The molecule has 2 atom stereocenters. The van der Waals surface area contributed by atoms with E-state index in [-0.39, 0.29) is 12.1 Å². The lowest BCUT2D eigenvalue weighted by Gasteiger charge is -2.29. The molecule has 4 heterocycles. The van der Waals surface area contributed by atoms with Gasteiger partial charge in [-0.05, 0) is 86.9 Å². The topological polar surface area (TPSA) is 45.6 Å². The third-order valence-corrected chi connectivity index (χ3v) is 8.61. The first-order valence-electron chi connectivity index (χ1n) is 12.7. The zero-order chi connectivity index (χ0) is 25.2. The minimum atomic E-state index is -0.0371. The van der Waals surface area contributed by atoms with E-state index in [0.29, 0.717) is 0 Å². The SMILES string of the molecule is Cc1cc(N2C(=S)N[C@H](c3ccccn3)[C@@H]2c2cc(C)n(CCCN3CCOCC3)c2C)ccc1Br. The molecule has 36 heavy (non-hydrogen) atoms. The van der Waals surface area contributed by atoms with Crippen LogP contribution >= 0.6 is 28.1 Å². The lowest BCUT2D eigenvalue weighted by molar-refractivity contribution is 0.0369. The predicted octanol–water partition coefficient (Wildman–Crippen LogP) is 5.47. The van der Waals surface area contributed by atoms with Crippen LogP contribution in [0.1, 0.15) is 46.7 Å². The molecule has 0 aliphatic carbocycles. The van der Waals surface area contributed by atoms with Gasteiger partial charge < -0.3 is 19.5 Å². The molecule has 2 aliphatic rings. The maximum Gasteiger partial charge on any atom is 0.174 e. The van der Waals surface area contributed by atoms with Gasteiger partial charge in [-0.15, -0.1) is 0 Å². The molecule has 0 radical (unpaired) electrons. The monoisotopic (exact) mass is 567 g/mol. The zero-order valence-corrected chi connectivity index (χ0v) is 23.6. The Morgan fingerprint density at radius 3 is 2.61 bits per heavy atom. The molecule has 6 nitrogen and oxygen atoms in total. The van der Waals surface area contributed by atoms with E-state index < -0.39 is 0 Å². The van der Waals surface area contributed by atoms with Crippen LogP contribution in [0, 0.1) is 20.8 Å². The zero-order valence-electron chi connectivity index (χ0n) is 21.2. The summed E-state index contributed by atoms with van der Waals surface area (Å²) in [4.78, 5) is 9.49. The maximum atomic E-state index is 5.93. The van der Waals surface area contributed by atoms with Crippen molar-refractivity contribution in [1.82, 2.24) is 19.8 Å². The highest BCUT2D eigenvalue weighted by atomic mass is 79.9. The summed E-state index contributed by atoms with van der Waals surface area (Å²) in [6.07, 6.45) is 2.98. The summed E-state index contributed by atoms with van der Waals surface area (Å²) in [7, 11) is 0. The number of thiocarbonyl (C=S) groups is 1. The fourth-order valence-electron chi connectivity index (χ4n) is 5.48. The normalized spacial score (nSPS) is 20.7. The molecule has 5 rings (SSSR count). The van der Waals surface area contributed by atoms with Crippen molar-refractivity contribution in [3.8, 4) is 0 Å². The Hall–Kier alpha value is -2.26. The van der Waals surface area contributed by atoms with Gasteiger partial charge in [0.25, 0.3) is 0 Å². The van der Waals surface area contributed by atoms with E-state index in [1.807, 2.05) is 18.3 Å². The first-order chi connectivity index (χ1) is 17.4. The Labute approximate surface area is 227 Å². The van der Waals surface area contributed by atoms with Crippen molar-refractivity contribution in [3.63, 3.8) is 0 Å². The standard InChI is InChI=1S/C28H34BrN5OS/c1-19-17-22(8-9-24(19)29)34-27(26(31-28(34)36)25-7-4-5-10-30-25)23-18-20(2)33(21(23)3)12-6-11-32-13-15-35-16-14-32/h4-5,7-10,17-18,26-27H,6,11-16H2,1-3H3,(H,31,36)/t26-,27+/m1/s1. The van der Waals surface area contributed by atoms with Crippen molar-refractivity contribution >= 4 is 38.9 Å². The van der Waals surface area contributed by atoms with Gasteiger partial charge in [0.2, 0.25) is 0 Å². The van der Waals surface area contributed by atoms with Crippen molar-refractivity contribution < 1.29 is 4.74 Å². The van der Waals surface area contributed by atoms with Gasteiger partial charge in [-0.2, -0.15) is 0 Å². The summed E-state index contributed by atoms with van der Waals surface area (Å²) in [6, 6.07) is 14.9. The van der Waals surface area contributed by atoms with Crippen LogP contribution < -0.4 is 10.2 Å². The molecule has 2 saturated heterocycles. The Balaban J connectivity index is 1.48. The minimum absolute atomic E-state index is 0.00664. The predicted molar refractivity (Wildman–Crippen MR) is 153 cm³/mol. The maximum absolute atomic E-state index is 5.93. The fourth-order valence-corrected chi connectivity index (χ4v) is 6.07. The molecule has 0 saturated carbocycles. The fraction of sp³-hybridized carbons (Fsp3) is 0.429. The van der Waals surface area contributed by atoms with Gasteiger partial charge in [0, 0.05) is 53.9 Å². The number of hydrogen-bond donors (Lipinski definition) is 1.